The lowest BCUT2D eigenvalue weighted by atomic mass is 9.92. The minimum atomic E-state index is 0.637. The van der Waals surface area contributed by atoms with Gasteiger partial charge >= 0.3 is 0 Å². The fourth-order valence-electron chi connectivity index (χ4n) is 6.28. The molecule has 3 heterocycles. The normalized spacial score (nSPS) is 11.6. The summed E-state index contributed by atoms with van der Waals surface area (Å²) in [4.78, 5) is 19.0. The second-order valence-electron chi connectivity index (χ2n) is 11.1. The third-order valence-electron chi connectivity index (χ3n) is 8.41. The van der Waals surface area contributed by atoms with E-state index in [0.717, 1.165) is 71.3 Å². The standard InChI is InChI=1S/C40H24N4O/c1-3-9-26(10-4-1)38-42-39(27-11-5-2-6-12-27)44-40(43-38)29-18-19-30-28(23-29)14-8-15-31(30)33-16-7-13-25-17-20-34-32-21-22-41-24-35(32)45-37(34)36(25)33/h1-24H. The van der Waals surface area contributed by atoms with Crippen molar-refractivity contribution in [3.63, 3.8) is 0 Å². The quantitative estimate of drug-likeness (QED) is 0.209. The lowest BCUT2D eigenvalue weighted by Gasteiger charge is -2.12. The Hall–Kier alpha value is -6.20. The van der Waals surface area contributed by atoms with Crippen LogP contribution in [0.3, 0.4) is 0 Å². The van der Waals surface area contributed by atoms with Gasteiger partial charge in [-0.25, -0.2) is 15.0 Å². The summed E-state index contributed by atoms with van der Waals surface area (Å²) in [5.74, 6) is 1.93. The maximum Gasteiger partial charge on any atom is 0.164 e. The van der Waals surface area contributed by atoms with Gasteiger partial charge in [0.1, 0.15) is 5.58 Å². The highest BCUT2D eigenvalue weighted by molar-refractivity contribution is 6.20. The van der Waals surface area contributed by atoms with Crippen molar-refractivity contribution >= 4 is 43.5 Å². The first-order chi connectivity index (χ1) is 22.3. The summed E-state index contributed by atoms with van der Waals surface area (Å²) < 4.78 is 6.43. The van der Waals surface area contributed by atoms with Gasteiger partial charge in [-0.15, -0.1) is 0 Å². The Morgan fingerprint density at radius 2 is 1.09 bits per heavy atom. The lowest BCUT2D eigenvalue weighted by Crippen LogP contribution is -2.00. The summed E-state index contributed by atoms with van der Waals surface area (Å²) in [5, 5.41) is 6.64. The van der Waals surface area contributed by atoms with Crippen molar-refractivity contribution in [3.05, 3.63) is 146 Å². The Morgan fingerprint density at radius 3 is 1.82 bits per heavy atom. The average Bonchev–Trinajstić information content (AvgIpc) is 3.50. The van der Waals surface area contributed by atoms with E-state index in [-0.39, 0.29) is 0 Å². The van der Waals surface area contributed by atoms with E-state index in [1.807, 2.05) is 72.9 Å². The smallest absolute Gasteiger partial charge is 0.164 e. The van der Waals surface area contributed by atoms with E-state index in [1.165, 1.54) is 0 Å². The molecule has 0 saturated carbocycles. The number of furan rings is 1. The van der Waals surface area contributed by atoms with Crippen molar-refractivity contribution in [2.75, 3.05) is 0 Å². The second kappa shape index (κ2) is 10.2. The van der Waals surface area contributed by atoms with Gasteiger partial charge in [-0.3, -0.25) is 4.98 Å². The van der Waals surface area contributed by atoms with Gasteiger partial charge in [0.05, 0.1) is 6.20 Å². The fourth-order valence-corrected chi connectivity index (χ4v) is 6.28. The Kier molecular flexibility index (Phi) is 5.74. The van der Waals surface area contributed by atoms with E-state index in [4.69, 9.17) is 19.4 Å². The molecule has 5 nitrogen and oxygen atoms in total. The van der Waals surface area contributed by atoms with E-state index in [0.29, 0.717) is 17.5 Å². The molecule has 9 rings (SSSR count). The molecule has 3 aromatic heterocycles. The van der Waals surface area contributed by atoms with E-state index < -0.39 is 0 Å². The molecule has 0 aliphatic carbocycles. The molecule has 0 unspecified atom stereocenters. The van der Waals surface area contributed by atoms with E-state index >= 15 is 0 Å². The zero-order chi connectivity index (χ0) is 29.7. The molecule has 0 amide bonds. The molecule has 5 heteroatoms. The van der Waals surface area contributed by atoms with Crippen molar-refractivity contribution in [1.82, 2.24) is 19.9 Å². The molecule has 0 aliphatic rings. The predicted octanol–water partition coefficient (Wildman–Crippen LogP) is 10.1. The van der Waals surface area contributed by atoms with E-state index in [2.05, 4.69) is 71.7 Å². The highest BCUT2D eigenvalue weighted by atomic mass is 16.3. The minimum absolute atomic E-state index is 0.637. The van der Waals surface area contributed by atoms with Crippen molar-refractivity contribution in [1.29, 1.82) is 0 Å². The zero-order valence-electron chi connectivity index (χ0n) is 24.1. The molecule has 9 aromatic rings. The summed E-state index contributed by atoms with van der Waals surface area (Å²) in [5.41, 5.74) is 6.77. The average molecular weight is 577 g/mol. The molecule has 0 atom stereocenters. The third-order valence-corrected chi connectivity index (χ3v) is 8.41. The number of hydrogen-bond donors (Lipinski definition) is 0. The molecule has 0 bridgehead atoms. The van der Waals surface area contributed by atoms with Crippen LogP contribution in [0.15, 0.2) is 150 Å². The number of aromatic nitrogens is 4. The van der Waals surface area contributed by atoms with Gasteiger partial charge in [0, 0.05) is 39.0 Å². The van der Waals surface area contributed by atoms with Gasteiger partial charge < -0.3 is 4.42 Å². The summed E-state index contributed by atoms with van der Waals surface area (Å²) >= 11 is 0. The number of benzene rings is 6. The predicted molar refractivity (Wildman–Crippen MR) is 182 cm³/mol. The topological polar surface area (TPSA) is 64.7 Å². The van der Waals surface area contributed by atoms with Crippen LogP contribution in [0.2, 0.25) is 0 Å². The molecule has 210 valence electrons. The first-order valence-corrected chi connectivity index (χ1v) is 14.9. The van der Waals surface area contributed by atoms with Crippen molar-refractivity contribution in [2.45, 2.75) is 0 Å². The molecular formula is C40H24N4O. The zero-order valence-corrected chi connectivity index (χ0v) is 24.1. The first-order valence-electron chi connectivity index (χ1n) is 14.9. The van der Waals surface area contributed by atoms with Crippen LogP contribution in [-0.2, 0) is 0 Å². The molecule has 0 spiro atoms. The van der Waals surface area contributed by atoms with Crippen LogP contribution in [-0.4, -0.2) is 19.9 Å². The second-order valence-corrected chi connectivity index (χ2v) is 11.1. The number of rotatable bonds is 4. The largest absolute Gasteiger partial charge is 0.454 e. The van der Waals surface area contributed by atoms with Crippen LogP contribution in [0.1, 0.15) is 0 Å². The van der Waals surface area contributed by atoms with Gasteiger partial charge in [0.25, 0.3) is 0 Å². The number of fused-ring (bicyclic) bond motifs is 6. The SMILES string of the molecule is c1ccc(-c2nc(-c3ccccc3)nc(-c3ccc4c(-c5cccc6ccc7c8ccncc8oc7c56)cccc4c3)n2)cc1. The summed E-state index contributed by atoms with van der Waals surface area (Å²) in [6.45, 7) is 0. The fraction of sp³-hybridized carbons (Fsp3) is 0. The molecule has 0 saturated heterocycles. The monoisotopic (exact) mass is 576 g/mol. The summed E-state index contributed by atoms with van der Waals surface area (Å²) in [6.07, 6.45) is 3.60. The van der Waals surface area contributed by atoms with Crippen molar-refractivity contribution in [2.24, 2.45) is 0 Å². The Bertz CT molecular complexity index is 2480. The van der Waals surface area contributed by atoms with Crippen LogP contribution < -0.4 is 0 Å². The highest BCUT2D eigenvalue weighted by Crippen LogP contribution is 2.41. The van der Waals surface area contributed by atoms with Crippen LogP contribution in [0, 0.1) is 0 Å². The van der Waals surface area contributed by atoms with Crippen LogP contribution in [0.5, 0.6) is 0 Å². The highest BCUT2D eigenvalue weighted by Gasteiger charge is 2.17. The molecule has 0 radical (unpaired) electrons. The molecule has 45 heavy (non-hydrogen) atoms. The molecule has 0 N–H and O–H groups in total. The van der Waals surface area contributed by atoms with Gasteiger partial charge in [-0.1, -0.05) is 115 Å². The molecule has 0 fully saturated rings. The lowest BCUT2D eigenvalue weighted by molar-refractivity contribution is 0.670. The van der Waals surface area contributed by atoms with Gasteiger partial charge in [0.2, 0.25) is 0 Å². The number of nitrogens with zero attached hydrogens (tertiary/aromatic N) is 4. The molecule has 0 aliphatic heterocycles. The van der Waals surface area contributed by atoms with E-state index in [9.17, 15) is 0 Å². The molecular weight excluding hydrogens is 552 g/mol. The Labute approximate surface area is 258 Å². The van der Waals surface area contributed by atoms with Gasteiger partial charge in [0.15, 0.2) is 23.1 Å². The van der Waals surface area contributed by atoms with Crippen LogP contribution in [0.25, 0.3) is 88.8 Å². The summed E-state index contributed by atoms with van der Waals surface area (Å²) in [6, 6.07) is 45.8. The first kappa shape index (κ1) is 25.3. The van der Waals surface area contributed by atoms with E-state index in [1.54, 1.807) is 6.20 Å². The maximum atomic E-state index is 6.43. The van der Waals surface area contributed by atoms with Crippen molar-refractivity contribution in [3.8, 4) is 45.3 Å². The Morgan fingerprint density at radius 1 is 0.444 bits per heavy atom. The van der Waals surface area contributed by atoms with Gasteiger partial charge in [-0.05, 0) is 45.5 Å². The minimum Gasteiger partial charge on any atom is -0.454 e. The van der Waals surface area contributed by atoms with Crippen LogP contribution >= 0.6 is 0 Å². The van der Waals surface area contributed by atoms with Gasteiger partial charge in [-0.2, -0.15) is 0 Å². The number of pyridine rings is 1. The molecule has 6 aromatic carbocycles. The summed E-state index contributed by atoms with van der Waals surface area (Å²) in [7, 11) is 0. The van der Waals surface area contributed by atoms with Crippen LogP contribution in [0.4, 0.5) is 0 Å². The number of hydrogen-bond acceptors (Lipinski definition) is 5. The van der Waals surface area contributed by atoms with Crippen molar-refractivity contribution < 1.29 is 4.42 Å². The third kappa shape index (κ3) is 4.25. The Balaban J connectivity index is 1.23. The maximum absolute atomic E-state index is 6.43.